The summed E-state index contributed by atoms with van der Waals surface area (Å²) >= 11 is 1.46. The summed E-state index contributed by atoms with van der Waals surface area (Å²) < 4.78 is 0. The van der Waals surface area contributed by atoms with Crippen molar-refractivity contribution in [3.8, 4) is 0 Å². The summed E-state index contributed by atoms with van der Waals surface area (Å²) in [6, 6.07) is 0. The van der Waals surface area contributed by atoms with E-state index in [0.717, 1.165) is 10.4 Å². The standard InChI is InChI=1S/C15H19N3O4S/c1-4-18(7-12(20)21)11(19)6-5-10-16-14(22)13-8(2)9(3)23-15(13)17-10/h4-7H2,1-3H3,(H,20,21)(H,16,17,22). The van der Waals surface area contributed by atoms with Crippen molar-refractivity contribution in [2.45, 2.75) is 33.6 Å². The molecule has 23 heavy (non-hydrogen) atoms. The molecule has 1 amide bonds. The van der Waals surface area contributed by atoms with Gasteiger partial charge in [0.05, 0.1) is 5.39 Å². The number of amides is 1. The Morgan fingerprint density at radius 2 is 2.04 bits per heavy atom. The molecule has 7 nitrogen and oxygen atoms in total. The number of rotatable bonds is 6. The molecule has 0 saturated carbocycles. The second kappa shape index (κ2) is 6.91. The van der Waals surface area contributed by atoms with Crippen molar-refractivity contribution in [1.82, 2.24) is 14.9 Å². The van der Waals surface area contributed by atoms with E-state index in [9.17, 15) is 14.4 Å². The lowest BCUT2D eigenvalue weighted by Crippen LogP contribution is -2.35. The summed E-state index contributed by atoms with van der Waals surface area (Å²) in [5.41, 5.74) is 0.733. The number of carboxylic acid groups (broad SMARTS) is 1. The number of hydrogen-bond acceptors (Lipinski definition) is 5. The zero-order valence-electron chi connectivity index (χ0n) is 13.3. The van der Waals surface area contributed by atoms with Crippen molar-refractivity contribution in [2.24, 2.45) is 0 Å². The number of hydrogen-bond donors (Lipinski definition) is 2. The van der Waals surface area contributed by atoms with Gasteiger partial charge in [0.2, 0.25) is 5.91 Å². The summed E-state index contributed by atoms with van der Waals surface area (Å²) in [4.78, 5) is 45.0. The third-order valence-electron chi connectivity index (χ3n) is 3.72. The number of carbonyl (C=O) groups is 2. The molecule has 0 fully saturated rings. The van der Waals surface area contributed by atoms with Gasteiger partial charge in [0, 0.05) is 24.3 Å². The number of fused-ring (bicyclic) bond motifs is 1. The van der Waals surface area contributed by atoms with Crippen LogP contribution in [-0.2, 0) is 16.0 Å². The summed E-state index contributed by atoms with van der Waals surface area (Å²) in [6.07, 6.45) is 0.384. The maximum atomic E-state index is 12.2. The molecule has 0 bridgehead atoms. The highest BCUT2D eigenvalue weighted by Crippen LogP contribution is 2.25. The van der Waals surface area contributed by atoms with Crippen molar-refractivity contribution in [2.75, 3.05) is 13.1 Å². The predicted molar refractivity (Wildman–Crippen MR) is 87.9 cm³/mol. The minimum absolute atomic E-state index is 0.110. The summed E-state index contributed by atoms with van der Waals surface area (Å²) in [7, 11) is 0. The molecule has 0 aliphatic carbocycles. The monoisotopic (exact) mass is 337 g/mol. The Morgan fingerprint density at radius 3 is 2.65 bits per heavy atom. The number of H-pyrrole nitrogens is 1. The Bertz CT molecular complexity index is 809. The van der Waals surface area contributed by atoms with Crippen LogP contribution >= 0.6 is 11.3 Å². The number of carboxylic acids is 1. The van der Waals surface area contributed by atoms with Crippen LogP contribution in [0, 0.1) is 13.8 Å². The Hall–Kier alpha value is -2.22. The van der Waals surface area contributed by atoms with Crippen molar-refractivity contribution in [1.29, 1.82) is 0 Å². The number of thiophene rings is 1. The largest absolute Gasteiger partial charge is 0.480 e. The van der Waals surface area contributed by atoms with Gasteiger partial charge in [0.15, 0.2) is 0 Å². The minimum atomic E-state index is -1.04. The topological polar surface area (TPSA) is 103 Å². The van der Waals surface area contributed by atoms with Gasteiger partial charge >= 0.3 is 5.97 Å². The number of aryl methyl sites for hydroxylation is 3. The van der Waals surface area contributed by atoms with Gasteiger partial charge in [-0.1, -0.05) is 0 Å². The zero-order valence-corrected chi connectivity index (χ0v) is 14.1. The Kier molecular flexibility index (Phi) is 5.15. The first-order chi connectivity index (χ1) is 10.8. The van der Waals surface area contributed by atoms with E-state index in [4.69, 9.17) is 5.11 Å². The highest BCUT2D eigenvalue weighted by molar-refractivity contribution is 7.18. The molecule has 0 aliphatic rings. The van der Waals surface area contributed by atoms with Crippen LogP contribution in [0.5, 0.6) is 0 Å². The number of likely N-dealkylation sites (N-methyl/N-ethyl adjacent to an activating group) is 1. The number of aliphatic carboxylic acids is 1. The van der Waals surface area contributed by atoms with Crippen molar-refractivity contribution in [3.05, 3.63) is 26.6 Å². The summed E-state index contributed by atoms with van der Waals surface area (Å²) in [6.45, 7) is 5.57. The maximum Gasteiger partial charge on any atom is 0.323 e. The number of aromatic nitrogens is 2. The van der Waals surface area contributed by atoms with Crippen LogP contribution in [0.1, 0.15) is 29.6 Å². The first-order valence-corrected chi connectivity index (χ1v) is 8.13. The van der Waals surface area contributed by atoms with E-state index in [1.807, 2.05) is 13.8 Å². The van der Waals surface area contributed by atoms with Crippen LogP contribution in [-0.4, -0.2) is 44.9 Å². The molecule has 8 heteroatoms. The molecule has 0 saturated heterocycles. The van der Waals surface area contributed by atoms with E-state index in [1.54, 1.807) is 6.92 Å². The van der Waals surface area contributed by atoms with Gasteiger partial charge in [-0.3, -0.25) is 14.4 Å². The minimum Gasteiger partial charge on any atom is -0.480 e. The molecule has 2 aromatic heterocycles. The Morgan fingerprint density at radius 1 is 1.35 bits per heavy atom. The molecule has 124 valence electrons. The molecule has 0 spiro atoms. The van der Waals surface area contributed by atoms with Gasteiger partial charge < -0.3 is 15.0 Å². The average molecular weight is 337 g/mol. The molecular formula is C15H19N3O4S. The van der Waals surface area contributed by atoms with Gasteiger partial charge in [-0.15, -0.1) is 11.3 Å². The molecule has 2 aromatic rings. The van der Waals surface area contributed by atoms with Gasteiger partial charge in [0.1, 0.15) is 17.2 Å². The quantitative estimate of drug-likeness (QED) is 0.831. The fraction of sp³-hybridized carbons (Fsp3) is 0.467. The fourth-order valence-electron chi connectivity index (χ4n) is 2.34. The predicted octanol–water partition coefficient (Wildman–Crippen LogP) is 1.47. The third kappa shape index (κ3) is 3.76. The van der Waals surface area contributed by atoms with Crippen LogP contribution in [0.3, 0.4) is 0 Å². The molecule has 0 atom stereocenters. The molecule has 2 heterocycles. The van der Waals surface area contributed by atoms with E-state index in [1.165, 1.54) is 16.2 Å². The Labute approximate surface area is 137 Å². The lowest BCUT2D eigenvalue weighted by Gasteiger charge is -2.18. The van der Waals surface area contributed by atoms with Gasteiger partial charge in [0.25, 0.3) is 5.56 Å². The normalized spacial score (nSPS) is 10.9. The lowest BCUT2D eigenvalue weighted by atomic mass is 10.2. The van der Waals surface area contributed by atoms with E-state index >= 15 is 0 Å². The highest BCUT2D eigenvalue weighted by atomic mass is 32.1. The maximum absolute atomic E-state index is 12.2. The first-order valence-electron chi connectivity index (χ1n) is 7.32. The van der Waals surface area contributed by atoms with E-state index < -0.39 is 5.97 Å². The van der Waals surface area contributed by atoms with Crippen molar-refractivity contribution in [3.63, 3.8) is 0 Å². The molecule has 0 radical (unpaired) electrons. The van der Waals surface area contributed by atoms with Crippen LogP contribution in [0.2, 0.25) is 0 Å². The molecule has 2 rings (SSSR count). The van der Waals surface area contributed by atoms with Gasteiger partial charge in [-0.2, -0.15) is 0 Å². The van der Waals surface area contributed by atoms with Crippen molar-refractivity contribution < 1.29 is 14.7 Å². The smallest absolute Gasteiger partial charge is 0.323 e. The molecule has 0 aromatic carbocycles. The van der Waals surface area contributed by atoms with E-state index in [-0.39, 0.29) is 30.9 Å². The van der Waals surface area contributed by atoms with Crippen LogP contribution < -0.4 is 5.56 Å². The first kappa shape index (κ1) is 17.1. The second-order valence-corrected chi connectivity index (χ2v) is 6.48. The SMILES string of the molecule is CCN(CC(=O)O)C(=O)CCc1nc2sc(C)c(C)c2c(=O)[nH]1. The van der Waals surface area contributed by atoms with Crippen molar-refractivity contribution >= 4 is 33.4 Å². The fourth-order valence-corrected chi connectivity index (χ4v) is 3.39. The van der Waals surface area contributed by atoms with E-state index in [0.29, 0.717) is 22.6 Å². The highest BCUT2D eigenvalue weighted by Gasteiger charge is 2.16. The summed E-state index contributed by atoms with van der Waals surface area (Å²) in [5, 5.41) is 9.38. The van der Waals surface area contributed by atoms with Crippen LogP contribution in [0.4, 0.5) is 0 Å². The summed E-state index contributed by atoms with van der Waals surface area (Å²) in [5.74, 6) is -0.864. The number of aromatic amines is 1. The number of nitrogens with one attached hydrogen (secondary N) is 1. The van der Waals surface area contributed by atoms with Crippen LogP contribution in [0.25, 0.3) is 10.2 Å². The number of nitrogens with zero attached hydrogens (tertiary/aromatic N) is 2. The molecular weight excluding hydrogens is 318 g/mol. The van der Waals surface area contributed by atoms with Gasteiger partial charge in [-0.05, 0) is 26.3 Å². The van der Waals surface area contributed by atoms with Gasteiger partial charge in [-0.25, -0.2) is 4.98 Å². The molecule has 0 unspecified atom stereocenters. The number of carbonyl (C=O) groups excluding carboxylic acids is 1. The zero-order chi connectivity index (χ0) is 17.1. The van der Waals surface area contributed by atoms with Crippen LogP contribution in [0.15, 0.2) is 4.79 Å². The third-order valence-corrected chi connectivity index (χ3v) is 4.83. The lowest BCUT2D eigenvalue weighted by molar-refractivity contribution is -0.144. The van der Waals surface area contributed by atoms with E-state index in [2.05, 4.69) is 9.97 Å². The second-order valence-electron chi connectivity index (χ2n) is 5.28. The average Bonchev–Trinajstić information content (AvgIpc) is 2.77. The Balaban J connectivity index is 2.15. The molecule has 0 aliphatic heterocycles. The molecule has 2 N–H and O–H groups in total.